The minimum absolute atomic E-state index is 0.0145. The molecular formula is C38H32O6. The van der Waals surface area contributed by atoms with E-state index in [1.54, 1.807) is 24.3 Å². The zero-order valence-electron chi connectivity index (χ0n) is 24.8. The number of carbonyl (C=O) groups excluding carboxylic acids is 3. The molecule has 5 aromatic carbocycles. The van der Waals surface area contributed by atoms with E-state index in [-0.39, 0.29) is 17.1 Å². The molecule has 5 aromatic rings. The first-order chi connectivity index (χ1) is 21.4. The van der Waals surface area contributed by atoms with Crippen molar-refractivity contribution in [2.24, 2.45) is 0 Å². The van der Waals surface area contributed by atoms with E-state index >= 15 is 0 Å². The summed E-state index contributed by atoms with van der Waals surface area (Å²) < 4.78 is 16.0. The van der Waals surface area contributed by atoms with Crippen LogP contribution in [0.3, 0.4) is 0 Å². The predicted octanol–water partition coefficient (Wildman–Crippen LogP) is 8.37. The maximum atomic E-state index is 13.0. The van der Waals surface area contributed by atoms with Crippen molar-refractivity contribution in [3.8, 4) is 33.8 Å². The molecule has 0 spiro atoms. The first-order valence-electron chi connectivity index (χ1n) is 14.4. The van der Waals surface area contributed by atoms with Gasteiger partial charge < -0.3 is 14.2 Å². The van der Waals surface area contributed by atoms with Crippen molar-refractivity contribution in [2.75, 3.05) is 7.11 Å². The molecule has 44 heavy (non-hydrogen) atoms. The van der Waals surface area contributed by atoms with E-state index in [0.717, 1.165) is 35.1 Å². The summed E-state index contributed by atoms with van der Waals surface area (Å²) in [5, 5.41) is 0. The quantitative estimate of drug-likeness (QED) is 0.128. The Bertz CT molecular complexity index is 1770. The van der Waals surface area contributed by atoms with Crippen molar-refractivity contribution < 1.29 is 28.6 Å². The van der Waals surface area contributed by atoms with Gasteiger partial charge in [0.2, 0.25) is 0 Å². The minimum atomic E-state index is -0.741. The van der Waals surface area contributed by atoms with Crippen LogP contribution < -0.4 is 9.47 Å². The molecular weight excluding hydrogens is 552 g/mol. The van der Waals surface area contributed by atoms with Crippen LogP contribution in [-0.4, -0.2) is 25.0 Å². The minimum Gasteiger partial charge on any atom is -0.465 e. The van der Waals surface area contributed by atoms with Crippen LogP contribution >= 0.6 is 0 Å². The number of benzene rings is 5. The summed E-state index contributed by atoms with van der Waals surface area (Å²) in [5.74, 6) is -1.89. The molecule has 6 heteroatoms. The summed E-state index contributed by atoms with van der Waals surface area (Å²) in [6, 6.07) is 34.8. The summed E-state index contributed by atoms with van der Waals surface area (Å²) in [5.41, 5.74) is 7.14. The number of hydrogen-bond donors (Lipinski definition) is 0. The fraction of sp³-hybridized carbons (Fsp3) is 0.132. The Balaban J connectivity index is 1.28. The van der Waals surface area contributed by atoms with E-state index < -0.39 is 17.9 Å². The Morgan fingerprint density at radius 2 is 0.909 bits per heavy atom. The second kappa shape index (κ2) is 13.7. The lowest BCUT2D eigenvalue weighted by Gasteiger charge is -2.12. The van der Waals surface area contributed by atoms with Crippen LogP contribution in [0, 0.1) is 0 Å². The molecule has 0 aromatic heterocycles. The Labute approximate surface area is 256 Å². The summed E-state index contributed by atoms with van der Waals surface area (Å²) in [6.07, 6.45) is 1.93. The second-order valence-corrected chi connectivity index (χ2v) is 10.2. The lowest BCUT2D eigenvalue weighted by Crippen LogP contribution is -2.13. The predicted molar refractivity (Wildman–Crippen MR) is 170 cm³/mol. The normalized spacial score (nSPS) is 10.6. The molecule has 0 aliphatic carbocycles. The van der Waals surface area contributed by atoms with Crippen molar-refractivity contribution in [3.05, 3.63) is 143 Å². The molecule has 0 radical (unpaired) electrons. The molecule has 0 bridgehead atoms. The highest BCUT2D eigenvalue weighted by molar-refractivity contribution is 5.97. The Morgan fingerprint density at radius 3 is 1.32 bits per heavy atom. The molecule has 0 saturated carbocycles. The van der Waals surface area contributed by atoms with Crippen LogP contribution in [0.25, 0.3) is 22.3 Å². The van der Waals surface area contributed by atoms with Crippen molar-refractivity contribution in [3.63, 3.8) is 0 Å². The highest BCUT2D eigenvalue weighted by atomic mass is 16.5. The zero-order valence-corrected chi connectivity index (χ0v) is 24.8. The molecule has 0 saturated heterocycles. The summed E-state index contributed by atoms with van der Waals surface area (Å²) in [7, 11) is 1.22. The molecule has 0 fully saturated rings. The molecule has 0 unspecified atom stereocenters. The fourth-order valence-corrected chi connectivity index (χ4v) is 4.72. The van der Waals surface area contributed by atoms with Crippen LogP contribution in [0.5, 0.6) is 11.5 Å². The van der Waals surface area contributed by atoms with Gasteiger partial charge in [-0.3, -0.25) is 0 Å². The third kappa shape index (κ3) is 6.93. The van der Waals surface area contributed by atoms with Gasteiger partial charge in [0, 0.05) is 0 Å². The van der Waals surface area contributed by atoms with Gasteiger partial charge in [-0.2, -0.15) is 0 Å². The van der Waals surface area contributed by atoms with Gasteiger partial charge in [0.05, 0.1) is 18.2 Å². The van der Waals surface area contributed by atoms with Crippen LogP contribution in [0.2, 0.25) is 0 Å². The third-order valence-corrected chi connectivity index (χ3v) is 7.40. The van der Waals surface area contributed by atoms with Crippen molar-refractivity contribution in [2.45, 2.75) is 26.7 Å². The Hall–Kier alpha value is -5.49. The fourth-order valence-electron chi connectivity index (χ4n) is 4.72. The van der Waals surface area contributed by atoms with Crippen LogP contribution in [0.4, 0.5) is 0 Å². The Morgan fingerprint density at radius 1 is 0.500 bits per heavy atom. The molecule has 220 valence electrons. The van der Waals surface area contributed by atoms with Crippen molar-refractivity contribution in [1.82, 2.24) is 0 Å². The number of ether oxygens (including phenoxy) is 3. The maximum absolute atomic E-state index is 13.0. The Kier molecular flexibility index (Phi) is 9.31. The second-order valence-electron chi connectivity index (χ2n) is 10.2. The molecule has 0 N–H and O–H groups in total. The number of esters is 3. The molecule has 0 aliphatic heterocycles. The SMILES string of the molecule is CCc1ccc(-c2ccc(C(=O)Oc3ccc(OC(=O)c4ccc(-c5ccc(CC)cc5)cc4)c(C(=O)OC)c3)cc2)cc1. The van der Waals surface area contributed by atoms with E-state index in [0.29, 0.717) is 11.1 Å². The monoisotopic (exact) mass is 584 g/mol. The highest BCUT2D eigenvalue weighted by Gasteiger charge is 2.20. The van der Waals surface area contributed by atoms with Gasteiger partial charge in [-0.15, -0.1) is 0 Å². The van der Waals surface area contributed by atoms with Gasteiger partial charge in [-0.05, 0) is 88.7 Å². The molecule has 0 atom stereocenters. The summed E-state index contributed by atoms with van der Waals surface area (Å²) in [4.78, 5) is 38.4. The standard InChI is InChI=1S/C38H32O6/c1-4-25-6-10-27(11-7-25)29-14-18-31(19-15-29)36(39)43-33-22-23-35(34(24-33)38(41)42-3)44-37(40)32-20-16-30(17-21-32)28-12-8-26(5-2)9-13-28/h6-24H,4-5H2,1-3H3. The van der Waals surface area contributed by atoms with Crippen molar-refractivity contribution in [1.29, 1.82) is 0 Å². The average molecular weight is 585 g/mol. The third-order valence-electron chi connectivity index (χ3n) is 7.40. The maximum Gasteiger partial charge on any atom is 0.343 e. The lowest BCUT2D eigenvalue weighted by molar-refractivity contribution is 0.0589. The van der Waals surface area contributed by atoms with Gasteiger partial charge >= 0.3 is 17.9 Å². The van der Waals surface area contributed by atoms with Gasteiger partial charge in [-0.25, -0.2) is 14.4 Å². The molecule has 6 nitrogen and oxygen atoms in total. The van der Waals surface area contributed by atoms with Crippen LogP contribution in [0.1, 0.15) is 56.0 Å². The van der Waals surface area contributed by atoms with Crippen LogP contribution in [0.15, 0.2) is 115 Å². The van der Waals surface area contributed by atoms with E-state index in [9.17, 15) is 14.4 Å². The number of aryl methyl sites for hydroxylation is 2. The van der Waals surface area contributed by atoms with E-state index in [1.807, 2.05) is 36.4 Å². The van der Waals surface area contributed by atoms with Gasteiger partial charge in [0.15, 0.2) is 0 Å². The summed E-state index contributed by atoms with van der Waals surface area (Å²) >= 11 is 0. The first kappa shape index (κ1) is 30.0. The number of hydrogen-bond acceptors (Lipinski definition) is 6. The lowest BCUT2D eigenvalue weighted by atomic mass is 10.0. The number of carbonyl (C=O) groups is 3. The topological polar surface area (TPSA) is 78.9 Å². The average Bonchev–Trinajstić information content (AvgIpc) is 3.08. The number of methoxy groups -OCH3 is 1. The van der Waals surface area contributed by atoms with E-state index in [1.165, 1.54) is 36.4 Å². The van der Waals surface area contributed by atoms with Gasteiger partial charge in [0.25, 0.3) is 0 Å². The summed E-state index contributed by atoms with van der Waals surface area (Å²) in [6.45, 7) is 4.21. The zero-order chi connectivity index (χ0) is 31.1. The largest absolute Gasteiger partial charge is 0.465 e. The molecule has 0 amide bonds. The molecule has 0 heterocycles. The van der Waals surface area contributed by atoms with E-state index in [2.05, 4.69) is 50.2 Å². The smallest absolute Gasteiger partial charge is 0.343 e. The van der Waals surface area contributed by atoms with Crippen LogP contribution in [-0.2, 0) is 17.6 Å². The van der Waals surface area contributed by atoms with Crippen molar-refractivity contribution >= 4 is 17.9 Å². The van der Waals surface area contributed by atoms with Gasteiger partial charge in [0.1, 0.15) is 17.1 Å². The molecule has 5 rings (SSSR count). The van der Waals surface area contributed by atoms with E-state index in [4.69, 9.17) is 14.2 Å². The first-order valence-corrected chi connectivity index (χ1v) is 14.4. The number of rotatable bonds is 9. The highest BCUT2D eigenvalue weighted by Crippen LogP contribution is 2.28. The van der Waals surface area contributed by atoms with Gasteiger partial charge in [-0.1, -0.05) is 86.6 Å². The molecule has 0 aliphatic rings.